The van der Waals surface area contributed by atoms with Crippen molar-refractivity contribution in [3.8, 4) is 0 Å². The van der Waals surface area contributed by atoms with Crippen LogP contribution in [0.5, 0.6) is 0 Å². The minimum Gasteiger partial charge on any atom is -0.354 e. The number of rotatable bonds is 5. The maximum absolute atomic E-state index is 13.8. The number of nitrogens with one attached hydrogen (secondary N) is 3. The molecule has 190 valence electrons. The maximum atomic E-state index is 13.8. The number of anilines is 3. The van der Waals surface area contributed by atoms with Gasteiger partial charge in [-0.05, 0) is 81.0 Å². The largest absolute Gasteiger partial charge is 0.354 e. The molecule has 0 unspecified atom stereocenters. The Balaban J connectivity index is 1.38. The van der Waals surface area contributed by atoms with Crippen LogP contribution in [0.2, 0.25) is 0 Å². The first kappa shape index (κ1) is 24.5. The van der Waals surface area contributed by atoms with Gasteiger partial charge in [-0.2, -0.15) is 0 Å². The predicted octanol–water partition coefficient (Wildman–Crippen LogP) is 5.00. The Labute approximate surface area is 216 Å². The lowest BCUT2D eigenvalue weighted by Gasteiger charge is -2.31. The first-order chi connectivity index (χ1) is 17.9. The van der Waals surface area contributed by atoms with Crippen LogP contribution in [0.25, 0.3) is 11.3 Å². The van der Waals surface area contributed by atoms with Crippen molar-refractivity contribution in [1.29, 1.82) is 0 Å². The zero-order valence-electron chi connectivity index (χ0n) is 20.9. The summed E-state index contributed by atoms with van der Waals surface area (Å²) in [6.45, 7) is 1.96. The van der Waals surface area contributed by atoms with Crippen molar-refractivity contribution in [1.82, 2.24) is 10.2 Å². The average Bonchev–Trinajstić information content (AvgIpc) is 3.23. The van der Waals surface area contributed by atoms with Crippen molar-refractivity contribution in [2.24, 2.45) is 0 Å². The Morgan fingerprint density at radius 2 is 1.73 bits per heavy atom. The summed E-state index contributed by atoms with van der Waals surface area (Å²) in [5.41, 5.74) is 4.47. The number of urea groups is 1. The molecule has 0 bridgehead atoms. The van der Waals surface area contributed by atoms with E-state index < -0.39 is 5.82 Å². The maximum Gasteiger partial charge on any atom is 0.321 e. The van der Waals surface area contributed by atoms with Gasteiger partial charge in [0.05, 0.1) is 17.0 Å². The molecule has 37 heavy (non-hydrogen) atoms. The van der Waals surface area contributed by atoms with Crippen LogP contribution < -0.4 is 20.9 Å². The van der Waals surface area contributed by atoms with Gasteiger partial charge in [0.25, 0.3) is 5.91 Å². The van der Waals surface area contributed by atoms with Gasteiger partial charge in [0.15, 0.2) is 0 Å². The summed E-state index contributed by atoms with van der Waals surface area (Å²) >= 11 is 0. The SMILES string of the molecule is CN1CCC(NC(=O)N(C)c2ccc(NC(=C3C(=O)Nc4cc(F)ccc43)c3ccccc3)cc2)CC1. The van der Waals surface area contributed by atoms with Crippen LogP contribution in [-0.4, -0.2) is 50.1 Å². The van der Waals surface area contributed by atoms with Gasteiger partial charge in [-0.15, -0.1) is 0 Å². The van der Waals surface area contributed by atoms with Gasteiger partial charge >= 0.3 is 6.03 Å². The van der Waals surface area contributed by atoms with E-state index in [0.29, 0.717) is 22.5 Å². The molecule has 3 N–H and O–H groups in total. The molecule has 3 aromatic rings. The number of fused-ring (bicyclic) bond motifs is 1. The van der Waals surface area contributed by atoms with E-state index in [1.54, 1.807) is 18.0 Å². The van der Waals surface area contributed by atoms with E-state index in [9.17, 15) is 14.0 Å². The quantitative estimate of drug-likeness (QED) is 0.432. The van der Waals surface area contributed by atoms with E-state index in [-0.39, 0.29) is 18.0 Å². The molecule has 0 atom stereocenters. The van der Waals surface area contributed by atoms with Crippen LogP contribution in [0.4, 0.5) is 26.2 Å². The molecule has 3 amide bonds. The lowest BCUT2D eigenvalue weighted by atomic mass is 10.00. The van der Waals surface area contributed by atoms with Crippen molar-refractivity contribution >= 4 is 40.3 Å². The second-order valence-corrected chi connectivity index (χ2v) is 9.52. The van der Waals surface area contributed by atoms with Gasteiger partial charge in [0.1, 0.15) is 5.82 Å². The number of nitrogens with zero attached hydrogens (tertiary/aromatic N) is 2. The molecule has 0 radical (unpaired) electrons. The molecule has 0 aliphatic carbocycles. The number of carbonyl (C=O) groups excluding carboxylic acids is 2. The highest BCUT2D eigenvalue weighted by Gasteiger charge is 2.29. The summed E-state index contributed by atoms with van der Waals surface area (Å²) < 4.78 is 13.8. The minimum absolute atomic E-state index is 0.131. The smallest absolute Gasteiger partial charge is 0.321 e. The first-order valence-electron chi connectivity index (χ1n) is 12.4. The van der Waals surface area contributed by atoms with Crippen molar-refractivity contribution in [2.75, 3.05) is 42.7 Å². The molecule has 1 saturated heterocycles. The molecule has 8 heteroatoms. The van der Waals surface area contributed by atoms with Gasteiger partial charge < -0.3 is 20.9 Å². The second-order valence-electron chi connectivity index (χ2n) is 9.52. The van der Waals surface area contributed by atoms with Crippen molar-refractivity contribution in [2.45, 2.75) is 18.9 Å². The van der Waals surface area contributed by atoms with Crippen LogP contribution in [0.3, 0.4) is 0 Å². The molecule has 1 fully saturated rings. The fourth-order valence-electron chi connectivity index (χ4n) is 4.73. The molecule has 3 aromatic carbocycles. The number of hydrogen-bond donors (Lipinski definition) is 3. The van der Waals surface area contributed by atoms with Crippen LogP contribution in [0, 0.1) is 5.82 Å². The summed E-state index contributed by atoms with van der Waals surface area (Å²) in [6, 6.07) is 21.3. The molecule has 2 aliphatic rings. The summed E-state index contributed by atoms with van der Waals surface area (Å²) in [5.74, 6) is -0.706. The normalized spacial score (nSPS) is 17.1. The van der Waals surface area contributed by atoms with E-state index in [4.69, 9.17) is 0 Å². The fourth-order valence-corrected chi connectivity index (χ4v) is 4.73. The third kappa shape index (κ3) is 5.34. The van der Waals surface area contributed by atoms with Crippen LogP contribution in [0.1, 0.15) is 24.0 Å². The Morgan fingerprint density at radius 3 is 2.43 bits per heavy atom. The lowest BCUT2D eigenvalue weighted by molar-refractivity contribution is -0.110. The molecule has 7 nitrogen and oxygen atoms in total. The van der Waals surface area contributed by atoms with Gasteiger partial charge in [-0.3, -0.25) is 9.69 Å². The Hall–Kier alpha value is -4.17. The third-order valence-corrected chi connectivity index (χ3v) is 6.91. The van der Waals surface area contributed by atoms with E-state index in [2.05, 4.69) is 27.9 Å². The lowest BCUT2D eigenvalue weighted by Crippen LogP contribution is -2.47. The Kier molecular flexibility index (Phi) is 6.92. The van der Waals surface area contributed by atoms with Gasteiger partial charge in [-0.25, -0.2) is 9.18 Å². The topological polar surface area (TPSA) is 76.7 Å². The molecular weight excluding hydrogens is 469 g/mol. The molecule has 2 heterocycles. The Morgan fingerprint density at radius 1 is 1.03 bits per heavy atom. The Bertz CT molecular complexity index is 1330. The van der Waals surface area contributed by atoms with Crippen molar-refractivity contribution in [3.63, 3.8) is 0 Å². The second kappa shape index (κ2) is 10.4. The van der Waals surface area contributed by atoms with Crippen molar-refractivity contribution in [3.05, 3.63) is 89.7 Å². The number of carbonyl (C=O) groups is 2. The van der Waals surface area contributed by atoms with Gasteiger partial charge in [0.2, 0.25) is 0 Å². The molecular formula is C29H30FN5O2. The third-order valence-electron chi connectivity index (χ3n) is 6.91. The number of halogens is 1. The number of piperidine rings is 1. The van der Waals surface area contributed by atoms with Crippen LogP contribution in [-0.2, 0) is 4.79 Å². The highest BCUT2D eigenvalue weighted by molar-refractivity contribution is 6.37. The molecule has 5 rings (SSSR count). The monoisotopic (exact) mass is 499 g/mol. The van der Waals surface area contributed by atoms with Gasteiger partial charge in [-0.1, -0.05) is 30.3 Å². The number of likely N-dealkylation sites (tertiary alicyclic amines) is 1. The standard InChI is InChI=1S/C29H30FN5O2/c1-34-16-14-22(15-17-34)32-29(37)35(2)23-11-9-21(10-12-23)31-27(19-6-4-3-5-7-19)26-24-13-8-20(30)18-25(24)33-28(26)36/h3-13,18,22,31H,14-17H2,1-2H3,(H,32,37)(H,33,36). The predicted molar refractivity (Wildman–Crippen MR) is 146 cm³/mol. The zero-order chi connectivity index (χ0) is 25.9. The first-order valence-corrected chi connectivity index (χ1v) is 12.4. The summed E-state index contributed by atoms with van der Waals surface area (Å²) in [5, 5.41) is 9.28. The van der Waals surface area contributed by atoms with Gasteiger partial charge in [0, 0.05) is 30.0 Å². The molecule has 2 aliphatic heterocycles. The van der Waals surface area contributed by atoms with E-state index in [0.717, 1.165) is 42.9 Å². The summed E-state index contributed by atoms with van der Waals surface area (Å²) in [7, 11) is 3.85. The fraction of sp³-hybridized carbons (Fsp3) is 0.241. The molecule has 0 aromatic heterocycles. The zero-order valence-corrected chi connectivity index (χ0v) is 20.9. The number of hydrogen-bond acceptors (Lipinski definition) is 4. The highest BCUT2D eigenvalue weighted by Crippen LogP contribution is 2.38. The highest BCUT2D eigenvalue weighted by atomic mass is 19.1. The van der Waals surface area contributed by atoms with Crippen LogP contribution in [0.15, 0.2) is 72.8 Å². The minimum atomic E-state index is -0.408. The molecule has 0 saturated carbocycles. The van der Waals surface area contributed by atoms with E-state index in [1.165, 1.54) is 12.1 Å². The molecule has 0 spiro atoms. The van der Waals surface area contributed by atoms with E-state index >= 15 is 0 Å². The summed E-state index contributed by atoms with van der Waals surface area (Å²) in [6.07, 6.45) is 1.89. The summed E-state index contributed by atoms with van der Waals surface area (Å²) in [4.78, 5) is 29.6. The van der Waals surface area contributed by atoms with E-state index in [1.807, 2.05) is 54.6 Å². The van der Waals surface area contributed by atoms with Crippen LogP contribution >= 0.6 is 0 Å². The van der Waals surface area contributed by atoms with Crippen molar-refractivity contribution < 1.29 is 14.0 Å². The average molecular weight is 500 g/mol. The number of amides is 3. The number of benzene rings is 3.